The third kappa shape index (κ3) is 7.00. The predicted molar refractivity (Wildman–Crippen MR) is 91.2 cm³/mol. The van der Waals surface area contributed by atoms with Crippen molar-refractivity contribution >= 4 is 33.0 Å². The highest BCUT2D eigenvalue weighted by molar-refractivity contribution is 7.91. The molecule has 1 unspecified atom stereocenters. The van der Waals surface area contributed by atoms with Crippen molar-refractivity contribution in [1.82, 2.24) is 5.32 Å². The predicted octanol–water partition coefficient (Wildman–Crippen LogP) is 3.73. The number of rotatable bonds is 9. The molecule has 0 aliphatic carbocycles. The fourth-order valence-electron chi connectivity index (χ4n) is 2.21. The molecule has 1 aromatic carbocycles. The lowest BCUT2D eigenvalue weighted by Gasteiger charge is -2.18. The van der Waals surface area contributed by atoms with Gasteiger partial charge in [-0.05, 0) is 43.5 Å². The largest absolute Gasteiger partial charge is 0.314 e. The van der Waals surface area contributed by atoms with Crippen LogP contribution < -0.4 is 5.32 Å². The Kier molecular flexibility index (Phi) is 8.03. The molecule has 0 aromatic heterocycles. The van der Waals surface area contributed by atoms with Crippen LogP contribution in [0.15, 0.2) is 18.2 Å². The van der Waals surface area contributed by atoms with E-state index < -0.39 is 9.84 Å². The van der Waals surface area contributed by atoms with Gasteiger partial charge < -0.3 is 5.32 Å². The van der Waals surface area contributed by atoms with Crippen LogP contribution in [0.1, 0.15) is 32.3 Å². The molecule has 0 saturated carbocycles. The van der Waals surface area contributed by atoms with Gasteiger partial charge in [-0.1, -0.05) is 43.1 Å². The lowest BCUT2D eigenvalue weighted by molar-refractivity contribution is 0.484. The molecule has 0 bridgehead atoms. The van der Waals surface area contributed by atoms with Gasteiger partial charge in [0, 0.05) is 21.8 Å². The molecule has 1 N–H and O–H groups in total. The summed E-state index contributed by atoms with van der Waals surface area (Å²) in [6.45, 7) is 4.57. The van der Waals surface area contributed by atoms with Gasteiger partial charge in [0.05, 0.1) is 5.75 Å². The normalized spacial score (nSPS) is 13.3. The van der Waals surface area contributed by atoms with E-state index in [1.165, 1.54) is 0 Å². The van der Waals surface area contributed by atoms with Crippen LogP contribution in [-0.2, 0) is 16.3 Å². The summed E-state index contributed by atoms with van der Waals surface area (Å²) in [5, 5.41) is 4.67. The number of hydrogen-bond donors (Lipinski definition) is 1. The minimum atomic E-state index is -2.89. The van der Waals surface area contributed by atoms with E-state index >= 15 is 0 Å². The molecular weight excluding hydrogens is 329 g/mol. The molecule has 3 nitrogen and oxygen atoms in total. The molecule has 0 spiro atoms. The maximum absolute atomic E-state index is 11.5. The average Bonchev–Trinajstić information content (AvgIpc) is 2.42. The second kappa shape index (κ2) is 8.99. The van der Waals surface area contributed by atoms with Crippen LogP contribution in [0.5, 0.6) is 0 Å². The van der Waals surface area contributed by atoms with Crippen LogP contribution in [0.25, 0.3) is 0 Å². The van der Waals surface area contributed by atoms with E-state index in [1.54, 1.807) is 13.0 Å². The lowest BCUT2D eigenvalue weighted by Crippen LogP contribution is -2.31. The van der Waals surface area contributed by atoms with Crippen molar-refractivity contribution in [2.45, 2.75) is 39.2 Å². The van der Waals surface area contributed by atoms with E-state index in [4.69, 9.17) is 23.2 Å². The summed E-state index contributed by atoms with van der Waals surface area (Å²) in [6, 6.07) is 5.72. The van der Waals surface area contributed by atoms with Crippen molar-refractivity contribution in [3.8, 4) is 0 Å². The molecule has 21 heavy (non-hydrogen) atoms. The van der Waals surface area contributed by atoms with Crippen molar-refractivity contribution in [3.63, 3.8) is 0 Å². The van der Waals surface area contributed by atoms with Gasteiger partial charge in [0.2, 0.25) is 0 Å². The number of likely N-dealkylation sites (N-methyl/N-ethyl adjacent to an activating group) is 1. The number of sulfone groups is 1. The Morgan fingerprint density at radius 2 is 1.95 bits per heavy atom. The molecular formula is C15H23Cl2NO2S. The van der Waals surface area contributed by atoms with Gasteiger partial charge >= 0.3 is 0 Å². The van der Waals surface area contributed by atoms with Gasteiger partial charge in [-0.25, -0.2) is 8.42 Å². The summed E-state index contributed by atoms with van der Waals surface area (Å²) < 4.78 is 23.1. The highest BCUT2D eigenvalue weighted by atomic mass is 35.5. The van der Waals surface area contributed by atoms with Crippen molar-refractivity contribution in [2.75, 3.05) is 18.1 Å². The molecule has 1 aromatic rings. The SMILES string of the molecule is CCNC(CCCS(=O)(=O)CC)Cc1ccc(Cl)cc1Cl. The number of nitrogens with one attached hydrogen (secondary N) is 1. The van der Waals surface area contributed by atoms with Gasteiger partial charge in [-0.3, -0.25) is 0 Å². The fraction of sp³-hybridized carbons (Fsp3) is 0.600. The van der Waals surface area contributed by atoms with E-state index in [9.17, 15) is 8.42 Å². The fourth-order valence-corrected chi connectivity index (χ4v) is 3.59. The summed E-state index contributed by atoms with van der Waals surface area (Å²) in [6.07, 6.45) is 2.25. The maximum atomic E-state index is 11.5. The Bertz CT molecular complexity index is 547. The van der Waals surface area contributed by atoms with E-state index in [1.807, 2.05) is 19.1 Å². The number of halogens is 2. The first kappa shape index (κ1) is 18.8. The first-order chi connectivity index (χ1) is 9.88. The molecule has 0 aliphatic rings. The van der Waals surface area contributed by atoms with E-state index in [2.05, 4.69) is 5.32 Å². The van der Waals surface area contributed by atoms with Crippen molar-refractivity contribution in [1.29, 1.82) is 0 Å². The van der Waals surface area contributed by atoms with Crippen LogP contribution in [0.3, 0.4) is 0 Å². The van der Waals surface area contributed by atoms with Crippen LogP contribution in [0, 0.1) is 0 Å². The zero-order chi connectivity index (χ0) is 15.9. The number of benzene rings is 1. The Hall–Kier alpha value is -0.290. The lowest BCUT2D eigenvalue weighted by atomic mass is 10.0. The Balaban J connectivity index is 2.61. The van der Waals surface area contributed by atoms with Crippen molar-refractivity contribution < 1.29 is 8.42 Å². The molecule has 1 rings (SSSR count). The smallest absolute Gasteiger partial charge is 0.150 e. The summed E-state index contributed by atoms with van der Waals surface area (Å²) in [4.78, 5) is 0. The molecule has 0 saturated heterocycles. The highest BCUT2D eigenvalue weighted by Crippen LogP contribution is 2.23. The average molecular weight is 352 g/mol. The monoisotopic (exact) mass is 351 g/mol. The van der Waals surface area contributed by atoms with Crippen LogP contribution >= 0.6 is 23.2 Å². The second-order valence-corrected chi connectivity index (χ2v) is 8.39. The van der Waals surface area contributed by atoms with Gasteiger partial charge in [-0.2, -0.15) is 0 Å². The van der Waals surface area contributed by atoms with E-state index in [-0.39, 0.29) is 17.5 Å². The van der Waals surface area contributed by atoms with Crippen molar-refractivity contribution in [3.05, 3.63) is 33.8 Å². The summed E-state index contributed by atoms with van der Waals surface area (Å²) in [5.74, 6) is 0.460. The summed E-state index contributed by atoms with van der Waals surface area (Å²) >= 11 is 12.1. The zero-order valence-corrected chi connectivity index (χ0v) is 14.9. The first-order valence-corrected chi connectivity index (χ1v) is 9.83. The van der Waals surface area contributed by atoms with Gasteiger partial charge in [0.1, 0.15) is 9.84 Å². The van der Waals surface area contributed by atoms with Gasteiger partial charge in [0.25, 0.3) is 0 Å². The summed E-state index contributed by atoms with van der Waals surface area (Å²) in [5.41, 5.74) is 1.03. The number of hydrogen-bond acceptors (Lipinski definition) is 3. The minimum Gasteiger partial charge on any atom is -0.314 e. The Labute approximate surface area is 137 Å². The van der Waals surface area contributed by atoms with Crippen LogP contribution in [-0.4, -0.2) is 32.5 Å². The third-order valence-electron chi connectivity index (χ3n) is 3.42. The van der Waals surface area contributed by atoms with E-state index in [0.717, 1.165) is 24.9 Å². The molecule has 0 aliphatic heterocycles. The third-order valence-corrected chi connectivity index (χ3v) is 5.80. The second-order valence-electron chi connectivity index (χ2n) is 5.07. The molecule has 1 atom stereocenters. The molecule has 0 fully saturated rings. The van der Waals surface area contributed by atoms with Crippen LogP contribution in [0.4, 0.5) is 0 Å². The molecule has 120 valence electrons. The standard InChI is InChI=1S/C15H23Cl2NO2S/c1-3-18-14(6-5-9-21(19,20)4-2)10-12-7-8-13(16)11-15(12)17/h7-8,11,14,18H,3-6,9-10H2,1-2H3. The van der Waals surface area contributed by atoms with E-state index in [0.29, 0.717) is 16.5 Å². The Morgan fingerprint density at radius 3 is 2.52 bits per heavy atom. The topological polar surface area (TPSA) is 46.2 Å². The molecule has 6 heteroatoms. The van der Waals surface area contributed by atoms with Gasteiger partial charge in [-0.15, -0.1) is 0 Å². The van der Waals surface area contributed by atoms with Crippen LogP contribution in [0.2, 0.25) is 10.0 Å². The first-order valence-electron chi connectivity index (χ1n) is 7.25. The summed E-state index contributed by atoms with van der Waals surface area (Å²) in [7, 11) is -2.89. The molecule has 0 amide bonds. The quantitative estimate of drug-likeness (QED) is 0.737. The van der Waals surface area contributed by atoms with Gasteiger partial charge in [0.15, 0.2) is 0 Å². The van der Waals surface area contributed by atoms with Crippen molar-refractivity contribution in [2.24, 2.45) is 0 Å². The molecule has 0 radical (unpaired) electrons. The zero-order valence-electron chi connectivity index (χ0n) is 12.5. The maximum Gasteiger partial charge on any atom is 0.150 e. The minimum absolute atomic E-state index is 0.210. The molecule has 0 heterocycles. The Morgan fingerprint density at radius 1 is 1.24 bits per heavy atom. The highest BCUT2D eigenvalue weighted by Gasteiger charge is 2.13.